The van der Waals surface area contributed by atoms with Gasteiger partial charge in [-0.25, -0.2) is 9.19 Å². The lowest BCUT2D eigenvalue weighted by Crippen LogP contribution is -2.41. The Morgan fingerprint density at radius 1 is 1.38 bits per heavy atom. The summed E-state index contributed by atoms with van der Waals surface area (Å²) >= 11 is 5.90. The number of nitrogens with two attached hydrogens (primary N) is 1. The summed E-state index contributed by atoms with van der Waals surface area (Å²) in [5, 5.41) is 11.1. The van der Waals surface area contributed by atoms with E-state index in [1.165, 1.54) is 24.3 Å². The van der Waals surface area contributed by atoms with E-state index in [1.807, 2.05) is 0 Å². The van der Waals surface area contributed by atoms with Gasteiger partial charge in [0.1, 0.15) is 29.1 Å². The maximum Gasteiger partial charge on any atom is 1.00 e. The molecule has 4 unspecified atom stereocenters. The molecular weight excluding hydrogens is 489 g/mol. The second kappa shape index (κ2) is 7.71. The van der Waals surface area contributed by atoms with Crippen molar-refractivity contribution in [3.8, 4) is 0 Å². The number of aromatic amines is 1. The lowest BCUT2D eigenvalue weighted by atomic mass is 10.1. The molecule has 16 heteroatoms. The zero-order valence-corrected chi connectivity index (χ0v) is 18.3. The Morgan fingerprint density at radius 2 is 2.09 bits per heavy atom. The number of rotatable bonds is 3. The molecule has 0 bridgehead atoms. The highest BCUT2D eigenvalue weighted by atomic mass is 35.5. The molecule has 1 aromatic carbocycles. The first-order valence-corrected chi connectivity index (χ1v) is 12.1. The van der Waals surface area contributed by atoms with Crippen molar-refractivity contribution < 1.29 is 34.0 Å². The summed E-state index contributed by atoms with van der Waals surface area (Å²) in [4.78, 5) is 34.9. The maximum atomic E-state index is 13.4. The van der Waals surface area contributed by atoms with Gasteiger partial charge in [-0.2, -0.15) is 4.98 Å². The van der Waals surface area contributed by atoms with E-state index in [0.29, 0.717) is 9.92 Å². The standard InChI is InChI=1S/C16H15ClN5O8PS/c17-6-1-3-7(4-2-6)32(27)16-19-9-12(20-15(18)21-13(9)24)22(16)14-10(23)11-8(29-14)5-28-31(25,26)30-11/h1-4,8,10-11,14,23H,5H2,(H,25,26)(H3,18,20,21,24)/t8?,10?,11-,14-,32?/m1/s1. The van der Waals surface area contributed by atoms with Crippen LogP contribution in [-0.2, 0) is 29.1 Å². The van der Waals surface area contributed by atoms with Gasteiger partial charge >= 0.3 is 1.43 Å². The Kier molecular flexibility index (Phi) is 5.22. The number of fused-ring (bicyclic) bond motifs is 2. The fourth-order valence-electron chi connectivity index (χ4n) is 3.55. The summed E-state index contributed by atoms with van der Waals surface area (Å²) in [5.74, 6) is -0.249. The summed E-state index contributed by atoms with van der Waals surface area (Å²) in [7, 11) is -6.59. The molecule has 6 atom stereocenters. The average Bonchev–Trinajstić information content (AvgIpc) is 3.25. The molecule has 13 nitrogen and oxygen atoms in total. The summed E-state index contributed by atoms with van der Waals surface area (Å²) in [6.45, 7) is -0.391. The van der Waals surface area contributed by atoms with Crippen molar-refractivity contribution in [2.45, 2.75) is 34.6 Å². The average molecular weight is 504 g/mol. The number of halogens is 1. The molecular formula is C16H15ClN5O8PS. The third-order valence-corrected chi connectivity index (χ3v) is 7.48. The number of aliphatic hydroxyl groups is 1. The van der Waals surface area contributed by atoms with Crippen LogP contribution in [0.1, 0.15) is 7.65 Å². The van der Waals surface area contributed by atoms with Gasteiger partial charge in [-0.15, -0.1) is 0 Å². The van der Waals surface area contributed by atoms with Crippen molar-refractivity contribution >= 4 is 47.3 Å². The normalized spacial score (nSPS) is 31.0. The van der Waals surface area contributed by atoms with Gasteiger partial charge in [-0.3, -0.25) is 18.9 Å². The number of anilines is 1. The Bertz CT molecular complexity index is 1350. The second-order valence-corrected chi connectivity index (χ2v) is 10.2. The first-order valence-electron chi connectivity index (χ1n) is 9.07. The van der Waals surface area contributed by atoms with E-state index in [1.54, 1.807) is 0 Å². The first kappa shape index (κ1) is 21.7. The predicted molar refractivity (Wildman–Crippen MR) is 108 cm³/mol. The van der Waals surface area contributed by atoms with Gasteiger partial charge in [-0.05, 0) is 24.3 Å². The van der Waals surface area contributed by atoms with Crippen molar-refractivity contribution in [2.75, 3.05) is 12.3 Å². The molecule has 2 aliphatic heterocycles. The fourth-order valence-corrected chi connectivity index (χ4v) is 5.76. The van der Waals surface area contributed by atoms with Crippen LogP contribution in [0.5, 0.6) is 0 Å². The maximum absolute atomic E-state index is 13.4. The molecule has 5 rings (SSSR count). The number of hydrogen-bond donors (Lipinski definition) is 3. The van der Waals surface area contributed by atoms with Crippen molar-refractivity contribution in [1.82, 2.24) is 19.5 Å². The van der Waals surface area contributed by atoms with E-state index < -0.39 is 55.3 Å². The third kappa shape index (κ3) is 3.58. The van der Waals surface area contributed by atoms with Gasteiger partial charge in [0.2, 0.25) is 11.1 Å². The molecule has 3 aromatic rings. The summed E-state index contributed by atoms with van der Waals surface area (Å²) in [6, 6.07) is 6.06. The third-order valence-electron chi connectivity index (χ3n) is 4.94. The fraction of sp³-hybridized carbons (Fsp3) is 0.312. The molecule has 0 saturated carbocycles. The van der Waals surface area contributed by atoms with Crippen molar-refractivity contribution in [2.24, 2.45) is 0 Å². The van der Waals surface area contributed by atoms with Crippen LogP contribution in [0.25, 0.3) is 11.2 Å². The number of benzene rings is 1. The van der Waals surface area contributed by atoms with Crippen LogP contribution >= 0.6 is 19.4 Å². The molecule has 0 radical (unpaired) electrons. The van der Waals surface area contributed by atoms with E-state index >= 15 is 0 Å². The minimum absolute atomic E-state index is 0. The van der Waals surface area contributed by atoms with E-state index in [4.69, 9.17) is 26.6 Å². The molecule has 4 N–H and O–H groups in total. The topological polar surface area (TPSA) is 195 Å². The summed E-state index contributed by atoms with van der Waals surface area (Å²) in [6.07, 6.45) is -5.14. The van der Waals surface area contributed by atoms with Crippen molar-refractivity contribution in [3.05, 3.63) is 39.6 Å². The largest absolute Gasteiger partial charge is 1.00 e. The number of phosphoric ester groups is 1. The number of phosphoric acid groups is 1. The van der Waals surface area contributed by atoms with E-state index in [9.17, 15) is 23.6 Å². The highest BCUT2D eigenvalue weighted by Gasteiger charge is 2.51. The first-order chi connectivity index (χ1) is 15.1. The van der Waals surface area contributed by atoms with Gasteiger partial charge in [0.15, 0.2) is 17.4 Å². The second-order valence-electron chi connectivity index (χ2n) is 6.98. The zero-order chi connectivity index (χ0) is 22.8. The van der Waals surface area contributed by atoms with Crippen molar-refractivity contribution in [1.29, 1.82) is 0 Å². The minimum atomic E-state index is -4.62. The number of nitrogens with one attached hydrogen (secondary N) is 1. The Labute approximate surface area is 187 Å². The Hall–Kier alpha value is -2.16. The molecule has 0 spiro atoms. The molecule has 4 heterocycles. The number of ether oxygens (including phenoxy) is 1. The van der Waals surface area contributed by atoms with E-state index in [-0.39, 0.29) is 23.7 Å². The predicted octanol–water partition coefficient (Wildman–Crippen LogP) is -0.224. The van der Waals surface area contributed by atoms with Crippen LogP contribution in [0.3, 0.4) is 0 Å². The molecule has 0 amide bonds. The van der Waals surface area contributed by atoms with Crippen LogP contribution in [0, 0.1) is 0 Å². The van der Waals surface area contributed by atoms with Crippen LogP contribution in [0.2, 0.25) is 5.02 Å². The lowest BCUT2D eigenvalue weighted by Gasteiger charge is -2.34. The zero-order valence-electron chi connectivity index (χ0n) is 16.8. The lowest BCUT2D eigenvalue weighted by molar-refractivity contribution is -0.245. The number of nitrogens with zero attached hydrogens (tertiary/aromatic N) is 3. The number of aliphatic hydroxyl groups excluding tert-OH is 1. The molecule has 32 heavy (non-hydrogen) atoms. The van der Waals surface area contributed by atoms with Gasteiger partial charge in [0, 0.05) is 9.92 Å². The van der Waals surface area contributed by atoms with E-state index in [0.717, 1.165) is 4.57 Å². The minimum Gasteiger partial charge on any atom is -0.756 e. The number of H-pyrrole nitrogens is 1. The number of imidazole rings is 1. The number of aromatic nitrogens is 4. The SMILES string of the molecule is Nc1nc2c(nc(S(=O)c3ccc(Cl)cc3)n2[C@@H]2OC3COP(=O)([O-])O[C@H]3C2O)c(=O)[nH]1.[H+]. The van der Waals surface area contributed by atoms with Gasteiger partial charge < -0.3 is 29.5 Å². The number of hydrogen-bond acceptors (Lipinski definition) is 11. The van der Waals surface area contributed by atoms with E-state index in [2.05, 4.69) is 19.5 Å². The van der Waals surface area contributed by atoms with Crippen LogP contribution in [-0.4, -0.2) is 53.8 Å². The van der Waals surface area contributed by atoms with Crippen molar-refractivity contribution in [3.63, 3.8) is 0 Å². The Morgan fingerprint density at radius 3 is 2.81 bits per heavy atom. The van der Waals surface area contributed by atoms with Gasteiger partial charge in [-0.1, -0.05) is 11.6 Å². The van der Waals surface area contributed by atoms with Gasteiger partial charge in [0.05, 0.1) is 6.61 Å². The molecule has 170 valence electrons. The summed E-state index contributed by atoms with van der Waals surface area (Å²) < 4.78 is 41.4. The quantitative estimate of drug-likeness (QED) is 0.399. The molecule has 2 aliphatic rings. The highest BCUT2D eigenvalue weighted by molar-refractivity contribution is 7.85. The number of nitrogen functional groups attached to an aromatic ring is 1. The van der Waals surface area contributed by atoms with Crippen LogP contribution < -0.4 is 16.2 Å². The Balaban J connectivity index is 0.00000259. The molecule has 2 fully saturated rings. The van der Waals surface area contributed by atoms with Gasteiger partial charge in [0.25, 0.3) is 13.4 Å². The monoisotopic (exact) mass is 503 g/mol. The van der Waals surface area contributed by atoms with Crippen LogP contribution in [0.4, 0.5) is 5.95 Å². The molecule has 0 aliphatic carbocycles. The van der Waals surface area contributed by atoms with Crippen LogP contribution in [0.15, 0.2) is 39.1 Å². The smallest absolute Gasteiger partial charge is 0.756 e. The molecule has 2 saturated heterocycles. The molecule has 2 aromatic heterocycles. The highest BCUT2D eigenvalue weighted by Crippen LogP contribution is 2.50. The summed E-state index contributed by atoms with van der Waals surface area (Å²) in [5.41, 5.74) is 4.65.